The molecule has 0 spiro atoms. The Morgan fingerprint density at radius 1 is 1.50 bits per heavy atom. The van der Waals surface area contributed by atoms with Crippen LogP contribution in [0.25, 0.3) is 0 Å². The Morgan fingerprint density at radius 2 is 2.22 bits per heavy atom. The molecular weight excluding hydrogens is 228 g/mol. The number of aromatic nitrogens is 1. The third-order valence-electron chi connectivity index (χ3n) is 3.23. The average molecular weight is 248 g/mol. The van der Waals surface area contributed by atoms with Crippen molar-refractivity contribution in [1.82, 2.24) is 4.98 Å². The van der Waals surface area contributed by atoms with E-state index in [-0.39, 0.29) is 5.84 Å². The highest BCUT2D eigenvalue weighted by Crippen LogP contribution is 2.20. The van der Waals surface area contributed by atoms with E-state index in [1.807, 2.05) is 13.0 Å². The topological polar surface area (TPSA) is 75.2 Å². The van der Waals surface area contributed by atoms with Crippen molar-refractivity contribution in [3.05, 3.63) is 24.0 Å². The van der Waals surface area contributed by atoms with Gasteiger partial charge < -0.3 is 15.4 Å². The first-order chi connectivity index (χ1) is 8.70. The van der Waals surface area contributed by atoms with Gasteiger partial charge in [0, 0.05) is 19.7 Å². The predicted molar refractivity (Wildman–Crippen MR) is 72.1 cm³/mol. The van der Waals surface area contributed by atoms with Gasteiger partial charge in [-0.25, -0.2) is 0 Å². The number of piperidine rings is 1. The normalized spacial score (nSPS) is 16.8. The Hall–Kier alpha value is -1.62. The first-order valence-corrected chi connectivity index (χ1v) is 6.37. The summed E-state index contributed by atoms with van der Waals surface area (Å²) in [6, 6.07) is 3.77. The standard InChI is InChI=1S/C13H20N4O/c1-2-18-11-5-7-17(8-6-11)10-3-4-12(13(14)15)16-9-10/h3-4,9,11H,2,5-8H2,1H3,(H3,14,15). The van der Waals surface area contributed by atoms with Gasteiger partial charge in [0.1, 0.15) is 11.5 Å². The zero-order chi connectivity index (χ0) is 13.0. The molecular formula is C13H20N4O. The van der Waals surface area contributed by atoms with Gasteiger partial charge in [-0.15, -0.1) is 0 Å². The Kier molecular flexibility index (Phi) is 4.15. The van der Waals surface area contributed by atoms with Crippen molar-refractivity contribution in [3.8, 4) is 0 Å². The number of ether oxygens (including phenoxy) is 1. The molecule has 0 radical (unpaired) electrons. The molecule has 2 heterocycles. The summed E-state index contributed by atoms with van der Waals surface area (Å²) in [6.07, 6.45) is 4.30. The summed E-state index contributed by atoms with van der Waals surface area (Å²) in [5, 5.41) is 7.31. The van der Waals surface area contributed by atoms with Crippen molar-refractivity contribution >= 4 is 11.5 Å². The molecule has 1 saturated heterocycles. The van der Waals surface area contributed by atoms with E-state index >= 15 is 0 Å². The lowest BCUT2D eigenvalue weighted by Gasteiger charge is -2.33. The van der Waals surface area contributed by atoms with Crippen LogP contribution >= 0.6 is 0 Å². The number of nitrogens with zero attached hydrogens (tertiary/aromatic N) is 2. The molecule has 0 bridgehead atoms. The minimum Gasteiger partial charge on any atom is -0.382 e. The molecule has 0 atom stereocenters. The monoisotopic (exact) mass is 248 g/mol. The van der Waals surface area contributed by atoms with Crippen molar-refractivity contribution in [3.63, 3.8) is 0 Å². The number of rotatable bonds is 4. The second kappa shape index (κ2) is 5.82. The van der Waals surface area contributed by atoms with Gasteiger partial charge >= 0.3 is 0 Å². The highest BCUT2D eigenvalue weighted by atomic mass is 16.5. The second-order valence-corrected chi connectivity index (χ2v) is 4.46. The molecule has 5 heteroatoms. The van der Waals surface area contributed by atoms with Crippen LogP contribution in [0.1, 0.15) is 25.5 Å². The molecule has 1 aromatic rings. The molecule has 0 unspecified atom stereocenters. The zero-order valence-corrected chi connectivity index (χ0v) is 10.7. The molecule has 3 N–H and O–H groups in total. The van der Waals surface area contributed by atoms with Crippen molar-refractivity contribution in [2.24, 2.45) is 5.73 Å². The van der Waals surface area contributed by atoms with Crippen LogP contribution in [-0.2, 0) is 4.74 Å². The number of nitrogens with two attached hydrogens (primary N) is 1. The minimum absolute atomic E-state index is 0.0107. The van der Waals surface area contributed by atoms with E-state index in [4.69, 9.17) is 15.9 Å². The van der Waals surface area contributed by atoms with Gasteiger partial charge in [-0.05, 0) is 31.9 Å². The molecule has 5 nitrogen and oxygen atoms in total. The fraction of sp³-hybridized carbons (Fsp3) is 0.538. The Labute approximate surface area is 107 Å². The number of anilines is 1. The van der Waals surface area contributed by atoms with Crippen LogP contribution in [0, 0.1) is 5.41 Å². The first-order valence-electron chi connectivity index (χ1n) is 6.37. The largest absolute Gasteiger partial charge is 0.382 e. The number of pyridine rings is 1. The fourth-order valence-corrected chi connectivity index (χ4v) is 2.25. The van der Waals surface area contributed by atoms with Crippen molar-refractivity contribution < 1.29 is 4.74 Å². The summed E-state index contributed by atoms with van der Waals surface area (Å²) in [6.45, 7) is 4.81. The van der Waals surface area contributed by atoms with Gasteiger partial charge in [0.15, 0.2) is 0 Å². The van der Waals surface area contributed by atoms with Gasteiger partial charge in [0.25, 0.3) is 0 Å². The number of hydrogen-bond acceptors (Lipinski definition) is 4. The van der Waals surface area contributed by atoms with Gasteiger partial charge in [0.05, 0.1) is 18.0 Å². The number of nitrogen functional groups attached to an aromatic ring is 1. The molecule has 1 aliphatic heterocycles. The van der Waals surface area contributed by atoms with E-state index in [0.29, 0.717) is 11.8 Å². The summed E-state index contributed by atoms with van der Waals surface area (Å²) >= 11 is 0. The molecule has 0 amide bonds. The third kappa shape index (κ3) is 2.98. The number of amidine groups is 1. The summed E-state index contributed by atoms with van der Waals surface area (Å²) in [4.78, 5) is 6.48. The molecule has 1 aliphatic rings. The van der Waals surface area contributed by atoms with Crippen LogP contribution in [0.2, 0.25) is 0 Å². The van der Waals surface area contributed by atoms with Crippen LogP contribution in [0.4, 0.5) is 5.69 Å². The molecule has 0 aliphatic carbocycles. The summed E-state index contributed by atoms with van der Waals surface area (Å²) < 4.78 is 5.63. The highest BCUT2D eigenvalue weighted by Gasteiger charge is 2.19. The van der Waals surface area contributed by atoms with E-state index in [9.17, 15) is 0 Å². The van der Waals surface area contributed by atoms with Crippen LogP contribution in [0.3, 0.4) is 0 Å². The lowest BCUT2D eigenvalue weighted by atomic mass is 10.1. The summed E-state index contributed by atoms with van der Waals surface area (Å²) in [5.74, 6) is 0.0107. The van der Waals surface area contributed by atoms with E-state index in [1.54, 1.807) is 12.3 Å². The second-order valence-electron chi connectivity index (χ2n) is 4.46. The average Bonchev–Trinajstić information content (AvgIpc) is 2.40. The van der Waals surface area contributed by atoms with Gasteiger partial charge in [0.2, 0.25) is 0 Å². The minimum atomic E-state index is 0.0107. The maximum atomic E-state index is 7.31. The SMILES string of the molecule is CCOC1CCN(c2ccc(C(=N)N)nc2)CC1. The van der Waals surface area contributed by atoms with E-state index in [1.165, 1.54) is 0 Å². The zero-order valence-electron chi connectivity index (χ0n) is 10.7. The van der Waals surface area contributed by atoms with Gasteiger partial charge in [-0.2, -0.15) is 0 Å². The molecule has 2 rings (SSSR count). The van der Waals surface area contributed by atoms with Crippen LogP contribution in [0.5, 0.6) is 0 Å². The Balaban J connectivity index is 1.95. The summed E-state index contributed by atoms with van der Waals surface area (Å²) in [7, 11) is 0. The summed E-state index contributed by atoms with van der Waals surface area (Å²) in [5.41, 5.74) is 7.01. The Morgan fingerprint density at radius 3 is 2.72 bits per heavy atom. The molecule has 98 valence electrons. The molecule has 0 aromatic carbocycles. The maximum Gasteiger partial charge on any atom is 0.141 e. The third-order valence-corrected chi connectivity index (χ3v) is 3.23. The number of nitrogens with one attached hydrogen (secondary N) is 1. The highest BCUT2D eigenvalue weighted by molar-refractivity contribution is 5.93. The van der Waals surface area contributed by atoms with Gasteiger partial charge in [-0.3, -0.25) is 10.4 Å². The molecule has 18 heavy (non-hydrogen) atoms. The predicted octanol–water partition coefficient (Wildman–Crippen LogP) is 1.37. The van der Waals surface area contributed by atoms with Crippen molar-refractivity contribution in [2.45, 2.75) is 25.9 Å². The van der Waals surface area contributed by atoms with Crippen molar-refractivity contribution in [2.75, 3.05) is 24.6 Å². The molecule has 0 saturated carbocycles. The van der Waals surface area contributed by atoms with E-state index in [2.05, 4.69) is 9.88 Å². The quantitative estimate of drug-likeness (QED) is 0.623. The van der Waals surface area contributed by atoms with Crippen LogP contribution in [0.15, 0.2) is 18.3 Å². The first kappa shape index (κ1) is 12.8. The van der Waals surface area contributed by atoms with Gasteiger partial charge in [-0.1, -0.05) is 0 Å². The Bertz CT molecular complexity index is 396. The molecule has 1 aromatic heterocycles. The van der Waals surface area contributed by atoms with E-state index < -0.39 is 0 Å². The molecule has 1 fully saturated rings. The lowest BCUT2D eigenvalue weighted by molar-refractivity contribution is 0.0459. The van der Waals surface area contributed by atoms with Crippen molar-refractivity contribution in [1.29, 1.82) is 5.41 Å². The van der Waals surface area contributed by atoms with E-state index in [0.717, 1.165) is 38.2 Å². The fourth-order valence-electron chi connectivity index (χ4n) is 2.25. The number of hydrogen-bond donors (Lipinski definition) is 2. The van der Waals surface area contributed by atoms with Crippen LogP contribution in [-0.4, -0.2) is 36.6 Å². The lowest BCUT2D eigenvalue weighted by Crippen LogP contribution is -2.37. The maximum absolute atomic E-state index is 7.31. The smallest absolute Gasteiger partial charge is 0.141 e. The van der Waals surface area contributed by atoms with Crippen LogP contribution < -0.4 is 10.6 Å².